The molecule has 0 aliphatic carbocycles. The van der Waals surface area contributed by atoms with E-state index < -0.39 is 0 Å². The van der Waals surface area contributed by atoms with E-state index in [2.05, 4.69) is 55.6 Å². The number of aryl methyl sites for hydroxylation is 1. The molecule has 5 nitrogen and oxygen atoms in total. The van der Waals surface area contributed by atoms with Crippen molar-refractivity contribution in [2.24, 2.45) is 0 Å². The molecule has 1 heterocycles. The highest BCUT2D eigenvalue weighted by Gasteiger charge is 2.08. The molecule has 30 heavy (non-hydrogen) atoms. The van der Waals surface area contributed by atoms with Crippen LogP contribution >= 0.6 is 15.9 Å². The monoisotopic (exact) mass is 458 g/mol. The Morgan fingerprint density at radius 2 is 1.67 bits per heavy atom. The van der Waals surface area contributed by atoms with Crippen molar-refractivity contribution in [1.82, 2.24) is 9.97 Å². The number of halogens is 1. The number of aromatic nitrogens is 2. The van der Waals surface area contributed by atoms with Crippen molar-refractivity contribution in [3.05, 3.63) is 101 Å². The van der Waals surface area contributed by atoms with Crippen LogP contribution in [0.3, 0.4) is 0 Å². The van der Waals surface area contributed by atoms with Crippen LogP contribution in [0.15, 0.2) is 89.7 Å². The van der Waals surface area contributed by atoms with Crippen LogP contribution in [-0.2, 0) is 0 Å². The zero-order valence-corrected chi connectivity index (χ0v) is 17.8. The number of benzene rings is 3. The number of hydrogen-bond donors (Lipinski definition) is 2. The van der Waals surface area contributed by atoms with Crippen molar-refractivity contribution in [3.8, 4) is 11.3 Å². The fourth-order valence-electron chi connectivity index (χ4n) is 3.01. The zero-order valence-electron chi connectivity index (χ0n) is 16.3. The average molecular weight is 459 g/mol. The minimum absolute atomic E-state index is 0.177. The number of nitrogens with zero attached hydrogens (tertiary/aromatic N) is 2. The third-order valence-electron chi connectivity index (χ3n) is 4.48. The summed E-state index contributed by atoms with van der Waals surface area (Å²) in [5.74, 6) is 0.482. The quantitative estimate of drug-likeness (QED) is 0.372. The molecule has 148 valence electrons. The van der Waals surface area contributed by atoms with Crippen molar-refractivity contribution in [2.75, 3.05) is 10.6 Å². The maximum absolute atomic E-state index is 12.6. The molecule has 0 aliphatic rings. The van der Waals surface area contributed by atoms with Gasteiger partial charge >= 0.3 is 0 Å². The lowest BCUT2D eigenvalue weighted by atomic mass is 10.1. The molecule has 1 aromatic heterocycles. The van der Waals surface area contributed by atoms with Crippen molar-refractivity contribution < 1.29 is 4.79 Å². The summed E-state index contributed by atoms with van der Waals surface area (Å²) in [6, 6.07) is 24.8. The number of nitrogens with one attached hydrogen (secondary N) is 2. The number of hydrogen-bond acceptors (Lipinski definition) is 4. The molecule has 0 atom stereocenters. The van der Waals surface area contributed by atoms with Crippen molar-refractivity contribution >= 4 is 39.0 Å². The van der Waals surface area contributed by atoms with E-state index in [4.69, 9.17) is 0 Å². The van der Waals surface area contributed by atoms with E-state index >= 15 is 0 Å². The van der Waals surface area contributed by atoms with Crippen molar-refractivity contribution in [2.45, 2.75) is 6.92 Å². The molecular formula is C24H19BrN4O. The molecule has 3 aromatic carbocycles. The van der Waals surface area contributed by atoms with Gasteiger partial charge in [-0.05, 0) is 55.5 Å². The lowest BCUT2D eigenvalue weighted by Crippen LogP contribution is -2.12. The van der Waals surface area contributed by atoms with Gasteiger partial charge in [0, 0.05) is 33.0 Å². The van der Waals surface area contributed by atoms with Crippen molar-refractivity contribution in [3.63, 3.8) is 0 Å². The van der Waals surface area contributed by atoms with E-state index in [9.17, 15) is 4.79 Å². The predicted molar refractivity (Wildman–Crippen MR) is 124 cm³/mol. The minimum atomic E-state index is -0.177. The van der Waals surface area contributed by atoms with Crippen LogP contribution < -0.4 is 10.6 Å². The van der Waals surface area contributed by atoms with Gasteiger partial charge in [-0.2, -0.15) is 0 Å². The third kappa shape index (κ3) is 4.90. The number of carbonyl (C=O) groups is 1. The first-order valence-corrected chi connectivity index (χ1v) is 10.2. The van der Waals surface area contributed by atoms with Gasteiger partial charge in [-0.25, -0.2) is 9.97 Å². The van der Waals surface area contributed by atoms with Crippen LogP contribution in [-0.4, -0.2) is 15.9 Å². The lowest BCUT2D eigenvalue weighted by molar-refractivity contribution is 0.102. The molecular weight excluding hydrogens is 440 g/mol. The summed E-state index contributed by atoms with van der Waals surface area (Å²) < 4.78 is 0.960. The van der Waals surface area contributed by atoms with Crippen LogP contribution in [0.4, 0.5) is 17.2 Å². The highest BCUT2D eigenvalue weighted by Crippen LogP contribution is 2.23. The Balaban J connectivity index is 1.51. The van der Waals surface area contributed by atoms with E-state index in [-0.39, 0.29) is 5.91 Å². The second-order valence-electron chi connectivity index (χ2n) is 6.82. The van der Waals surface area contributed by atoms with E-state index in [1.807, 2.05) is 54.6 Å². The number of carbonyl (C=O) groups excluding carboxylic acids is 1. The number of rotatable bonds is 5. The highest BCUT2D eigenvalue weighted by molar-refractivity contribution is 9.10. The molecule has 0 bridgehead atoms. The minimum Gasteiger partial charge on any atom is -0.340 e. The Morgan fingerprint density at radius 1 is 0.867 bits per heavy atom. The normalized spacial score (nSPS) is 10.5. The van der Waals surface area contributed by atoms with Crippen LogP contribution in [0.2, 0.25) is 0 Å². The summed E-state index contributed by atoms with van der Waals surface area (Å²) in [7, 11) is 0. The molecule has 0 spiro atoms. The summed E-state index contributed by atoms with van der Waals surface area (Å²) >= 11 is 3.39. The smallest absolute Gasteiger partial charge is 0.255 e. The lowest BCUT2D eigenvalue weighted by Gasteiger charge is -2.10. The second kappa shape index (κ2) is 8.88. The Kier molecular flexibility index (Phi) is 5.86. The topological polar surface area (TPSA) is 66.9 Å². The molecule has 4 rings (SSSR count). The highest BCUT2D eigenvalue weighted by atomic mass is 79.9. The molecule has 4 aromatic rings. The van der Waals surface area contributed by atoms with Gasteiger partial charge in [0.1, 0.15) is 12.1 Å². The summed E-state index contributed by atoms with van der Waals surface area (Å²) in [5.41, 5.74) is 5.09. The first-order chi connectivity index (χ1) is 14.6. The molecule has 0 aliphatic heterocycles. The largest absolute Gasteiger partial charge is 0.340 e. The second-order valence-corrected chi connectivity index (χ2v) is 7.74. The van der Waals surface area contributed by atoms with Gasteiger partial charge < -0.3 is 10.6 Å². The van der Waals surface area contributed by atoms with Gasteiger partial charge in [0.15, 0.2) is 0 Å². The molecule has 6 heteroatoms. The molecule has 1 amide bonds. The van der Waals surface area contributed by atoms with Gasteiger partial charge in [-0.1, -0.05) is 45.8 Å². The average Bonchev–Trinajstić information content (AvgIpc) is 2.76. The van der Waals surface area contributed by atoms with E-state index in [0.29, 0.717) is 11.4 Å². The van der Waals surface area contributed by atoms with Crippen LogP contribution in [0.1, 0.15) is 15.9 Å². The summed E-state index contributed by atoms with van der Waals surface area (Å²) in [5, 5.41) is 6.16. The Bertz CT molecular complexity index is 1190. The molecule has 0 saturated carbocycles. The Hall–Kier alpha value is -3.51. The van der Waals surface area contributed by atoms with E-state index in [0.717, 1.165) is 27.1 Å². The zero-order chi connectivity index (χ0) is 20.9. The van der Waals surface area contributed by atoms with E-state index in [1.165, 1.54) is 11.9 Å². The van der Waals surface area contributed by atoms with Crippen LogP contribution in [0, 0.1) is 6.92 Å². The van der Waals surface area contributed by atoms with Gasteiger partial charge in [-0.3, -0.25) is 4.79 Å². The SMILES string of the molecule is Cc1cccc(-c2cc(Nc3cccc(C(=O)Nc4ccc(Br)cc4)c3)ncn2)c1. The third-order valence-corrected chi connectivity index (χ3v) is 5.01. The maximum atomic E-state index is 12.6. The Morgan fingerprint density at radius 3 is 2.47 bits per heavy atom. The molecule has 0 radical (unpaired) electrons. The van der Waals surface area contributed by atoms with Crippen LogP contribution in [0.5, 0.6) is 0 Å². The van der Waals surface area contributed by atoms with Gasteiger partial charge in [-0.15, -0.1) is 0 Å². The molecule has 2 N–H and O–H groups in total. The standard InChI is InChI=1S/C24H19BrN4O/c1-16-4-2-5-17(12-16)22-14-23(27-15-26-22)28-21-7-3-6-18(13-21)24(30)29-20-10-8-19(25)9-11-20/h2-15H,1H3,(H,29,30)(H,26,27,28). The van der Waals surface area contributed by atoms with Crippen molar-refractivity contribution in [1.29, 1.82) is 0 Å². The summed E-state index contributed by atoms with van der Waals surface area (Å²) in [6.07, 6.45) is 1.53. The molecule has 0 fully saturated rings. The Labute approximate surface area is 183 Å². The van der Waals surface area contributed by atoms with Gasteiger partial charge in [0.25, 0.3) is 5.91 Å². The first-order valence-electron chi connectivity index (χ1n) is 9.40. The molecule has 0 unspecified atom stereocenters. The first kappa shape index (κ1) is 19.8. The summed E-state index contributed by atoms with van der Waals surface area (Å²) in [4.78, 5) is 21.3. The van der Waals surface area contributed by atoms with E-state index in [1.54, 1.807) is 12.1 Å². The maximum Gasteiger partial charge on any atom is 0.255 e. The van der Waals surface area contributed by atoms with Gasteiger partial charge in [0.05, 0.1) is 5.69 Å². The fraction of sp³-hybridized carbons (Fsp3) is 0.0417. The van der Waals surface area contributed by atoms with Crippen LogP contribution in [0.25, 0.3) is 11.3 Å². The summed E-state index contributed by atoms with van der Waals surface area (Å²) in [6.45, 7) is 2.05. The number of anilines is 3. The number of amides is 1. The molecule has 0 saturated heterocycles. The van der Waals surface area contributed by atoms with Gasteiger partial charge in [0.2, 0.25) is 0 Å². The predicted octanol–water partition coefficient (Wildman–Crippen LogP) is 6.21. The fourth-order valence-corrected chi connectivity index (χ4v) is 3.27.